The number of piperazine rings is 1. The van der Waals surface area contributed by atoms with Crippen LogP contribution in [-0.2, 0) is 12.0 Å². The zero-order valence-electron chi connectivity index (χ0n) is 18.1. The van der Waals surface area contributed by atoms with Crippen molar-refractivity contribution in [2.75, 3.05) is 33.3 Å². The van der Waals surface area contributed by atoms with Crippen molar-refractivity contribution < 1.29 is 4.74 Å². The molecule has 0 radical (unpaired) electrons. The lowest BCUT2D eigenvalue weighted by molar-refractivity contribution is 0.0160. The quantitative estimate of drug-likeness (QED) is 0.680. The first-order valence-electron chi connectivity index (χ1n) is 11.4. The lowest BCUT2D eigenvalue weighted by Gasteiger charge is -2.48. The zero-order valence-corrected chi connectivity index (χ0v) is 18.1. The highest BCUT2D eigenvalue weighted by molar-refractivity contribution is 5.37. The van der Waals surface area contributed by atoms with Gasteiger partial charge in [0.25, 0.3) is 0 Å². The molecule has 0 aromatic heterocycles. The normalized spacial score (nSPS) is 21.6. The maximum Gasteiger partial charge on any atom is 0.122 e. The molecule has 2 aromatic carbocycles. The molecule has 29 heavy (non-hydrogen) atoms. The van der Waals surface area contributed by atoms with E-state index in [9.17, 15) is 0 Å². The lowest BCUT2D eigenvalue weighted by atomic mass is 9.83. The fourth-order valence-electron chi connectivity index (χ4n) is 5.44. The molecule has 2 aromatic rings. The molecular formula is C26H36N2O. The van der Waals surface area contributed by atoms with Crippen molar-refractivity contribution in [1.82, 2.24) is 9.80 Å². The maximum atomic E-state index is 5.68. The van der Waals surface area contributed by atoms with Crippen LogP contribution in [0, 0.1) is 0 Å². The van der Waals surface area contributed by atoms with Gasteiger partial charge in [0.05, 0.1) is 7.11 Å². The van der Waals surface area contributed by atoms with Crippen LogP contribution in [0.1, 0.15) is 50.2 Å². The monoisotopic (exact) mass is 392 g/mol. The fraction of sp³-hybridized carbons (Fsp3) is 0.538. The zero-order chi connectivity index (χ0) is 20.1. The van der Waals surface area contributed by atoms with Crippen LogP contribution in [0.5, 0.6) is 5.75 Å². The predicted octanol–water partition coefficient (Wildman–Crippen LogP) is 5.10. The highest BCUT2D eigenvalue weighted by Crippen LogP contribution is 2.36. The Labute approximate surface area is 176 Å². The van der Waals surface area contributed by atoms with Crippen molar-refractivity contribution in [3.63, 3.8) is 0 Å². The molecule has 1 heterocycles. The first-order valence-corrected chi connectivity index (χ1v) is 11.4. The van der Waals surface area contributed by atoms with Crippen LogP contribution in [0.25, 0.3) is 0 Å². The first-order chi connectivity index (χ1) is 14.2. The van der Waals surface area contributed by atoms with Crippen LogP contribution in [-0.4, -0.2) is 49.1 Å². The fourth-order valence-corrected chi connectivity index (χ4v) is 5.44. The summed E-state index contributed by atoms with van der Waals surface area (Å²) in [5, 5.41) is 0. The van der Waals surface area contributed by atoms with Gasteiger partial charge >= 0.3 is 0 Å². The third-order valence-electron chi connectivity index (χ3n) is 7.23. The maximum absolute atomic E-state index is 5.68. The van der Waals surface area contributed by atoms with Crippen molar-refractivity contribution >= 4 is 0 Å². The van der Waals surface area contributed by atoms with Gasteiger partial charge in [0.1, 0.15) is 5.75 Å². The molecule has 0 N–H and O–H groups in total. The SMILES string of the molecule is COc1ccccc1CC(C)(c1ccccc1)N1CCN(C2CCCCC2)CC1. The Bertz CT molecular complexity index is 763. The van der Waals surface area contributed by atoms with Crippen molar-refractivity contribution in [2.24, 2.45) is 0 Å². The summed E-state index contributed by atoms with van der Waals surface area (Å²) in [5.41, 5.74) is 2.65. The summed E-state index contributed by atoms with van der Waals surface area (Å²) in [4.78, 5) is 5.48. The van der Waals surface area contributed by atoms with Crippen LogP contribution >= 0.6 is 0 Å². The van der Waals surface area contributed by atoms with Crippen LogP contribution in [0.2, 0.25) is 0 Å². The Hall–Kier alpha value is -1.84. The molecule has 3 heteroatoms. The van der Waals surface area contributed by atoms with Crippen LogP contribution in [0.3, 0.4) is 0 Å². The number of para-hydroxylation sites is 1. The Balaban J connectivity index is 1.55. The number of hydrogen-bond donors (Lipinski definition) is 0. The van der Waals surface area contributed by atoms with Gasteiger partial charge in [-0.15, -0.1) is 0 Å². The van der Waals surface area contributed by atoms with Crippen molar-refractivity contribution in [2.45, 2.75) is 57.0 Å². The van der Waals surface area contributed by atoms with Gasteiger partial charge in [0, 0.05) is 37.8 Å². The molecule has 2 aliphatic rings. The molecule has 1 saturated carbocycles. The van der Waals surface area contributed by atoms with Gasteiger partial charge in [-0.05, 0) is 43.4 Å². The molecule has 2 fully saturated rings. The number of nitrogens with zero attached hydrogens (tertiary/aromatic N) is 2. The average molecular weight is 393 g/mol. The minimum absolute atomic E-state index is 0.0332. The van der Waals surface area contributed by atoms with E-state index in [4.69, 9.17) is 4.74 Å². The molecule has 4 rings (SSSR count). The summed E-state index contributed by atoms with van der Waals surface area (Å²) in [6.07, 6.45) is 8.03. The number of hydrogen-bond acceptors (Lipinski definition) is 3. The van der Waals surface area contributed by atoms with Gasteiger partial charge in [-0.2, -0.15) is 0 Å². The lowest BCUT2D eigenvalue weighted by Crippen LogP contribution is -2.57. The third-order valence-corrected chi connectivity index (χ3v) is 7.23. The van der Waals surface area contributed by atoms with E-state index < -0.39 is 0 Å². The number of methoxy groups -OCH3 is 1. The van der Waals surface area contributed by atoms with E-state index in [0.717, 1.165) is 31.3 Å². The molecular weight excluding hydrogens is 356 g/mol. The molecule has 0 spiro atoms. The summed E-state index contributed by atoms with van der Waals surface area (Å²) < 4.78 is 5.68. The van der Waals surface area contributed by atoms with Crippen molar-refractivity contribution in [1.29, 1.82) is 0 Å². The minimum Gasteiger partial charge on any atom is -0.496 e. The Morgan fingerprint density at radius 1 is 0.862 bits per heavy atom. The summed E-state index contributed by atoms with van der Waals surface area (Å²) in [6, 6.07) is 20.4. The summed E-state index contributed by atoms with van der Waals surface area (Å²) in [5.74, 6) is 0.996. The van der Waals surface area contributed by atoms with Crippen molar-refractivity contribution in [3.05, 3.63) is 65.7 Å². The highest BCUT2D eigenvalue weighted by Gasteiger charge is 2.37. The average Bonchev–Trinajstić information content (AvgIpc) is 2.80. The van der Waals surface area contributed by atoms with E-state index in [-0.39, 0.29) is 5.54 Å². The van der Waals surface area contributed by atoms with Gasteiger partial charge in [-0.25, -0.2) is 0 Å². The molecule has 1 atom stereocenters. The number of ether oxygens (including phenoxy) is 1. The molecule has 156 valence electrons. The molecule has 3 nitrogen and oxygen atoms in total. The van der Waals surface area contributed by atoms with Crippen LogP contribution in [0.15, 0.2) is 54.6 Å². The molecule has 1 aliphatic carbocycles. The van der Waals surface area contributed by atoms with E-state index in [0.29, 0.717) is 0 Å². The van der Waals surface area contributed by atoms with Gasteiger partial charge in [0.15, 0.2) is 0 Å². The molecule has 1 aliphatic heterocycles. The van der Waals surface area contributed by atoms with Gasteiger partial charge in [-0.3, -0.25) is 9.80 Å². The van der Waals surface area contributed by atoms with Gasteiger partial charge in [0.2, 0.25) is 0 Å². The topological polar surface area (TPSA) is 15.7 Å². The second kappa shape index (κ2) is 9.32. The largest absolute Gasteiger partial charge is 0.496 e. The van der Waals surface area contributed by atoms with Crippen LogP contribution < -0.4 is 4.74 Å². The van der Waals surface area contributed by atoms with Gasteiger partial charge < -0.3 is 4.74 Å². The molecule has 0 bridgehead atoms. The number of rotatable bonds is 6. The van der Waals surface area contributed by atoms with Crippen LogP contribution in [0.4, 0.5) is 0 Å². The summed E-state index contributed by atoms with van der Waals surface area (Å²) in [7, 11) is 1.78. The second-order valence-corrected chi connectivity index (χ2v) is 8.94. The standard InChI is InChI=1S/C26H36N2O/c1-26(23-12-5-3-6-13-23,21-22-11-9-10-16-25(22)29-2)28-19-17-27(18-20-28)24-14-7-4-8-15-24/h3,5-6,9-13,16,24H,4,7-8,14-15,17-21H2,1-2H3. The van der Waals surface area contributed by atoms with Gasteiger partial charge in [-0.1, -0.05) is 67.8 Å². The smallest absolute Gasteiger partial charge is 0.122 e. The van der Waals surface area contributed by atoms with E-state index in [1.165, 1.54) is 56.3 Å². The number of benzene rings is 2. The summed E-state index contributed by atoms with van der Waals surface area (Å²) >= 11 is 0. The van der Waals surface area contributed by atoms with E-state index >= 15 is 0 Å². The van der Waals surface area contributed by atoms with E-state index in [1.54, 1.807) is 7.11 Å². The van der Waals surface area contributed by atoms with E-state index in [1.807, 2.05) is 0 Å². The Morgan fingerprint density at radius 3 is 2.21 bits per heavy atom. The molecule has 0 amide bonds. The Kier molecular flexibility index (Phi) is 6.56. The van der Waals surface area contributed by atoms with E-state index in [2.05, 4.69) is 71.3 Å². The minimum atomic E-state index is -0.0332. The first kappa shape index (κ1) is 20.4. The summed E-state index contributed by atoms with van der Waals surface area (Å²) in [6.45, 7) is 7.08. The molecule has 1 unspecified atom stereocenters. The molecule has 1 saturated heterocycles. The predicted molar refractivity (Wildman–Crippen MR) is 121 cm³/mol. The second-order valence-electron chi connectivity index (χ2n) is 8.94. The third kappa shape index (κ3) is 4.51. The van der Waals surface area contributed by atoms with Crippen molar-refractivity contribution in [3.8, 4) is 5.75 Å². The highest BCUT2D eigenvalue weighted by atomic mass is 16.5. The Morgan fingerprint density at radius 2 is 1.52 bits per heavy atom.